The summed E-state index contributed by atoms with van der Waals surface area (Å²) in [7, 11) is 0. The van der Waals surface area contributed by atoms with Crippen molar-refractivity contribution in [3.63, 3.8) is 0 Å². The summed E-state index contributed by atoms with van der Waals surface area (Å²) in [6.07, 6.45) is 3.51. The van der Waals surface area contributed by atoms with Crippen LogP contribution in [0, 0.1) is 5.92 Å². The fourth-order valence-corrected chi connectivity index (χ4v) is 4.29. The van der Waals surface area contributed by atoms with Gasteiger partial charge in [0.2, 0.25) is 5.91 Å². The van der Waals surface area contributed by atoms with Gasteiger partial charge in [-0.3, -0.25) is 14.7 Å². The Bertz CT molecular complexity index is 669. The lowest BCUT2D eigenvalue weighted by atomic mass is 10.1. The van der Waals surface area contributed by atoms with E-state index in [9.17, 15) is 4.79 Å². The number of carbonyl (C=O) groups is 1. The Morgan fingerprint density at radius 1 is 1.17 bits per heavy atom. The summed E-state index contributed by atoms with van der Waals surface area (Å²) in [5, 5.41) is 6.96. The lowest BCUT2D eigenvalue weighted by molar-refractivity contribution is -0.133. The van der Waals surface area contributed by atoms with Crippen molar-refractivity contribution >= 4 is 11.9 Å². The van der Waals surface area contributed by atoms with Crippen LogP contribution in [0.1, 0.15) is 51.6 Å². The van der Waals surface area contributed by atoms with Gasteiger partial charge in [-0.2, -0.15) is 0 Å². The molecule has 1 aromatic rings. The Kier molecular flexibility index (Phi) is 7.92. The number of likely N-dealkylation sites (tertiary alicyclic amines) is 2. The molecule has 0 bridgehead atoms. The lowest BCUT2D eigenvalue weighted by Crippen LogP contribution is -2.45. The standard InChI is InChI=1S/C23H37N5O/c1-4-24-23(26-20-12-15-28(17-20)22(29)18(2)3)25-16-21(27-13-8-9-14-27)19-10-6-5-7-11-19/h5-7,10-11,18,20-21H,4,8-9,12-17H2,1-3H3,(H2,24,25,26). The smallest absolute Gasteiger partial charge is 0.225 e. The van der Waals surface area contributed by atoms with Gasteiger partial charge in [-0.05, 0) is 44.8 Å². The average Bonchev–Trinajstić information content (AvgIpc) is 3.41. The van der Waals surface area contributed by atoms with Crippen LogP contribution in [0.15, 0.2) is 35.3 Å². The van der Waals surface area contributed by atoms with E-state index < -0.39 is 0 Å². The van der Waals surface area contributed by atoms with E-state index in [1.165, 1.54) is 18.4 Å². The van der Waals surface area contributed by atoms with Crippen molar-refractivity contribution in [1.82, 2.24) is 20.4 Å². The Morgan fingerprint density at radius 3 is 2.55 bits per heavy atom. The minimum atomic E-state index is 0.0581. The highest BCUT2D eigenvalue weighted by Gasteiger charge is 2.28. The van der Waals surface area contributed by atoms with Gasteiger partial charge in [-0.15, -0.1) is 0 Å². The molecule has 0 spiro atoms. The molecule has 0 saturated carbocycles. The van der Waals surface area contributed by atoms with E-state index in [2.05, 4.69) is 52.8 Å². The summed E-state index contributed by atoms with van der Waals surface area (Å²) < 4.78 is 0. The van der Waals surface area contributed by atoms with Crippen LogP contribution >= 0.6 is 0 Å². The van der Waals surface area contributed by atoms with E-state index in [1.807, 2.05) is 18.7 Å². The number of carbonyl (C=O) groups excluding carboxylic acids is 1. The van der Waals surface area contributed by atoms with E-state index in [1.54, 1.807) is 0 Å². The predicted molar refractivity (Wildman–Crippen MR) is 119 cm³/mol. The molecule has 2 unspecified atom stereocenters. The van der Waals surface area contributed by atoms with Crippen LogP contribution in [0.3, 0.4) is 0 Å². The van der Waals surface area contributed by atoms with E-state index >= 15 is 0 Å². The largest absolute Gasteiger partial charge is 0.357 e. The van der Waals surface area contributed by atoms with Gasteiger partial charge in [0.25, 0.3) is 0 Å². The first-order valence-corrected chi connectivity index (χ1v) is 11.2. The monoisotopic (exact) mass is 399 g/mol. The van der Waals surface area contributed by atoms with Crippen molar-refractivity contribution in [3.05, 3.63) is 35.9 Å². The number of benzene rings is 1. The molecule has 2 saturated heterocycles. The Hall–Kier alpha value is -2.08. The maximum Gasteiger partial charge on any atom is 0.225 e. The first-order chi connectivity index (χ1) is 14.1. The Balaban J connectivity index is 1.65. The molecule has 2 heterocycles. The second-order valence-corrected chi connectivity index (χ2v) is 8.46. The maximum absolute atomic E-state index is 12.3. The number of hydrogen-bond acceptors (Lipinski definition) is 3. The Morgan fingerprint density at radius 2 is 1.90 bits per heavy atom. The van der Waals surface area contributed by atoms with Gasteiger partial charge in [0.1, 0.15) is 0 Å². The van der Waals surface area contributed by atoms with Crippen LogP contribution in [-0.4, -0.2) is 67.0 Å². The van der Waals surface area contributed by atoms with E-state index in [-0.39, 0.29) is 17.9 Å². The van der Waals surface area contributed by atoms with Gasteiger partial charge in [-0.25, -0.2) is 0 Å². The molecule has 1 aromatic carbocycles. The quantitative estimate of drug-likeness (QED) is 0.547. The number of hydrogen-bond donors (Lipinski definition) is 2. The zero-order chi connectivity index (χ0) is 20.6. The van der Waals surface area contributed by atoms with Crippen molar-refractivity contribution in [2.75, 3.05) is 39.3 Å². The molecule has 6 heteroatoms. The van der Waals surface area contributed by atoms with Crippen molar-refractivity contribution in [3.8, 4) is 0 Å². The first kappa shape index (κ1) is 21.6. The zero-order valence-corrected chi connectivity index (χ0v) is 18.2. The highest BCUT2D eigenvalue weighted by atomic mass is 16.2. The predicted octanol–water partition coefficient (Wildman–Crippen LogP) is 2.64. The fraction of sp³-hybridized carbons (Fsp3) is 0.652. The molecule has 2 aliphatic rings. The van der Waals surface area contributed by atoms with E-state index in [4.69, 9.17) is 4.99 Å². The summed E-state index contributed by atoms with van der Waals surface area (Å²) in [6.45, 7) is 11.5. The summed E-state index contributed by atoms with van der Waals surface area (Å²) in [4.78, 5) is 21.8. The van der Waals surface area contributed by atoms with Crippen LogP contribution in [0.25, 0.3) is 0 Å². The van der Waals surface area contributed by atoms with Crippen LogP contribution in [-0.2, 0) is 4.79 Å². The molecule has 2 N–H and O–H groups in total. The molecule has 2 atom stereocenters. The van der Waals surface area contributed by atoms with Gasteiger partial charge in [0.15, 0.2) is 5.96 Å². The minimum absolute atomic E-state index is 0.0581. The SMILES string of the molecule is CCNC(=NCC(c1ccccc1)N1CCCC1)NC1CCN(C(=O)C(C)C)C1. The molecule has 2 fully saturated rings. The van der Waals surface area contributed by atoms with Crippen molar-refractivity contribution in [2.24, 2.45) is 10.9 Å². The maximum atomic E-state index is 12.3. The zero-order valence-electron chi connectivity index (χ0n) is 18.2. The molecular formula is C23H37N5O. The number of nitrogens with zero attached hydrogens (tertiary/aromatic N) is 3. The number of amides is 1. The van der Waals surface area contributed by atoms with Gasteiger partial charge in [-0.1, -0.05) is 44.2 Å². The molecule has 3 rings (SSSR count). The van der Waals surface area contributed by atoms with Gasteiger partial charge in [0, 0.05) is 31.6 Å². The number of nitrogens with one attached hydrogen (secondary N) is 2. The average molecular weight is 400 g/mol. The molecule has 0 aromatic heterocycles. The number of rotatable bonds is 7. The molecule has 0 radical (unpaired) electrons. The third-order valence-electron chi connectivity index (χ3n) is 5.87. The fourth-order valence-electron chi connectivity index (χ4n) is 4.29. The molecule has 0 aliphatic carbocycles. The normalized spacial score (nSPS) is 21.6. The third-order valence-corrected chi connectivity index (χ3v) is 5.87. The van der Waals surface area contributed by atoms with Crippen LogP contribution in [0.5, 0.6) is 0 Å². The first-order valence-electron chi connectivity index (χ1n) is 11.2. The van der Waals surface area contributed by atoms with Gasteiger partial charge in [0.05, 0.1) is 12.6 Å². The van der Waals surface area contributed by atoms with Crippen LogP contribution in [0.2, 0.25) is 0 Å². The van der Waals surface area contributed by atoms with Crippen LogP contribution < -0.4 is 10.6 Å². The molecule has 2 aliphatic heterocycles. The third kappa shape index (κ3) is 5.95. The molecule has 160 valence electrons. The second kappa shape index (κ2) is 10.6. The lowest BCUT2D eigenvalue weighted by Gasteiger charge is -2.27. The summed E-state index contributed by atoms with van der Waals surface area (Å²) >= 11 is 0. The Labute approximate surface area is 175 Å². The summed E-state index contributed by atoms with van der Waals surface area (Å²) in [5.74, 6) is 1.16. The molecule has 1 amide bonds. The van der Waals surface area contributed by atoms with Gasteiger partial charge >= 0.3 is 0 Å². The van der Waals surface area contributed by atoms with Gasteiger partial charge < -0.3 is 15.5 Å². The van der Waals surface area contributed by atoms with Crippen molar-refractivity contribution in [1.29, 1.82) is 0 Å². The highest BCUT2D eigenvalue weighted by Crippen LogP contribution is 2.25. The molecular weight excluding hydrogens is 362 g/mol. The van der Waals surface area contributed by atoms with E-state index in [0.29, 0.717) is 6.04 Å². The number of aliphatic imine (C=N–C) groups is 1. The van der Waals surface area contributed by atoms with Crippen molar-refractivity contribution < 1.29 is 4.79 Å². The van der Waals surface area contributed by atoms with Crippen molar-refractivity contribution in [2.45, 2.75) is 52.1 Å². The summed E-state index contributed by atoms with van der Waals surface area (Å²) in [5.41, 5.74) is 1.34. The molecule has 6 nitrogen and oxygen atoms in total. The second-order valence-electron chi connectivity index (χ2n) is 8.46. The van der Waals surface area contributed by atoms with E-state index in [0.717, 1.165) is 51.6 Å². The number of guanidine groups is 1. The minimum Gasteiger partial charge on any atom is -0.357 e. The van der Waals surface area contributed by atoms with Crippen LogP contribution in [0.4, 0.5) is 0 Å². The molecule has 29 heavy (non-hydrogen) atoms. The highest BCUT2D eigenvalue weighted by molar-refractivity contribution is 5.81. The summed E-state index contributed by atoms with van der Waals surface area (Å²) in [6, 6.07) is 11.3. The topological polar surface area (TPSA) is 60.0 Å².